The number of aryl methyl sites for hydroxylation is 1. The quantitative estimate of drug-likeness (QED) is 0.332. The van der Waals surface area contributed by atoms with Crippen molar-refractivity contribution in [2.45, 2.75) is 20.5 Å². The molecular formula is C25H20BrFN2O2. The number of nitrogens with one attached hydrogen (secondary N) is 1. The zero-order valence-electron chi connectivity index (χ0n) is 17.1. The molecule has 0 fully saturated rings. The molecule has 1 amide bonds. The van der Waals surface area contributed by atoms with Gasteiger partial charge >= 0.3 is 0 Å². The van der Waals surface area contributed by atoms with Crippen LogP contribution in [-0.4, -0.2) is 5.91 Å². The van der Waals surface area contributed by atoms with Gasteiger partial charge in [-0.25, -0.2) is 4.39 Å². The molecule has 0 saturated heterocycles. The molecule has 1 N–H and O–H groups in total. The summed E-state index contributed by atoms with van der Waals surface area (Å²) in [6.45, 7) is 4.17. The fraction of sp³-hybridized carbons (Fsp3) is 0.120. The molecule has 31 heavy (non-hydrogen) atoms. The van der Waals surface area contributed by atoms with Crippen LogP contribution in [0.5, 0.6) is 5.75 Å². The average molecular weight is 479 g/mol. The van der Waals surface area contributed by atoms with Crippen molar-refractivity contribution in [3.8, 4) is 11.8 Å². The predicted molar refractivity (Wildman–Crippen MR) is 123 cm³/mol. The second-order valence-electron chi connectivity index (χ2n) is 6.98. The van der Waals surface area contributed by atoms with Crippen molar-refractivity contribution in [2.75, 3.05) is 5.32 Å². The lowest BCUT2D eigenvalue weighted by Gasteiger charge is -2.10. The highest BCUT2D eigenvalue weighted by Crippen LogP contribution is 2.28. The smallest absolute Gasteiger partial charge is 0.266 e. The van der Waals surface area contributed by atoms with Crippen molar-refractivity contribution >= 4 is 33.6 Å². The zero-order chi connectivity index (χ0) is 22.4. The van der Waals surface area contributed by atoms with E-state index in [1.807, 2.05) is 32.0 Å². The Kier molecular flexibility index (Phi) is 7.22. The van der Waals surface area contributed by atoms with Crippen LogP contribution in [0.25, 0.3) is 6.08 Å². The maximum absolute atomic E-state index is 13.0. The monoisotopic (exact) mass is 478 g/mol. The molecule has 0 atom stereocenters. The fourth-order valence-corrected chi connectivity index (χ4v) is 3.37. The molecular weight excluding hydrogens is 459 g/mol. The van der Waals surface area contributed by atoms with Crippen LogP contribution in [0.2, 0.25) is 0 Å². The topological polar surface area (TPSA) is 62.1 Å². The van der Waals surface area contributed by atoms with Gasteiger partial charge in [0.15, 0.2) is 0 Å². The van der Waals surface area contributed by atoms with Crippen LogP contribution >= 0.6 is 15.9 Å². The van der Waals surface area contributed by atoms with Gasteiger partial charge in [-0.05, 0) is 88.4 Å². The van der Waals surface area contributed by atoms with Gasteiger partial charge < -0.3 is 10.1 Å². The van der Waals surface area contributed by atoms with Crippen LogP contribution in [-0.2, 0) is 11.4 Å². The normalized spacial score (nSPS) is 11.0. The van der Waals surface area contributed by atoms with E-state index in [1.54, 1.807) is 36.4 Å². The van der Waals surface area contributed by atoms with E-state index in [2.05, 4.69) is 21.2 Å². The molecule has 0 radical (unpaired) electrons. The third kappa shape index (κ3) is 5.80. The Bertz CT molecular complexity index is 1180. The van der Waals surface area contributed by atoms with Gasteiger partial charge in [-0.15, -0.1) is 0 Å². The third-order valence-corrected chi connectivity index (χ3v) is 5.41. The van der Waals surface area contributed by atoms with Crippen LogP contribution in [0.3, 0.4) is 0 Å². The zero-order valence-corrected chi connectivity index (χ0v) is 18.7. The molecule has 0 aliphatic rings. The number of carbonyl (C=O) groups excluding carboxylic acids is 1. The number of amides is 1. The number of hydrogen-bond acceptors (Lipinski definition) is 3. The van der Waals surface area contributed by atoms with Crippen molar-refractivity contribution in [3.63, 3.8) is 0 Å². The summed E-state index contributed by atoms with van der Waals surface area (Å²) in [5.74, 6) is -0.167. The van der Waals surface area contributed by atoms with Gasteiger partial charge in [0, 0.05) is 5.69 Å². The summed E-state index contributed by atoms with van der Waals surface area (Å²) in [6.07, 6.45) is 1.52. The molecule has 0 aromatic heterocycles. The van der Waals surface area contributed by atoms with Crippen molar-refractivity contribution in [1.29, 1.82) is 5.26 Å². The first-order valence-corrected chi connectivity index (χ1v) is 10.3. The van der Waals surface area contributed by atoms with Gasteiger partial charge in [-0.3, -0.25) is 4.79 Å². The van der Waals surface area contributed by atoms with Crippen LogP contribution in [0.15, 0.2) is 70.7 Å². The van der Waals surface area contributed by atoms with Crippen molar-refractivity contribution < 1.29 is 13.9 Å². The number of hydrogen-bond donors (Lipinski definition) is 1. The molecule has 3 aromatic carbocycles. The molecule has 0 spiro atoms. The molecule has 0 aliphatic heterocycles. The largest absolute Gasteiger partial charge is 0.488 e. The number of carbonyl (C=O) groups is 1. The summed E-state index contributed by atoms with van der Waals surface area (Å²) in [4.78, 5) is 12.6. The molecule has 0 bridgehead atoms. The van der Waals surface area contributed by atoms with Crippen LogP contribution in [0, 0.1) is 31.0 Å². The second kappa shape index (κ2) is 10.1. The highest BCUT2D eigenvalue weighted by Gasteiger charge is 2.12. The van der Waals surface area contributed by atoms with E-state index in [1.165, 1.54) is 18.2 Å². The number of anilines is 1. The van der Waals surface area contributed by atoms with Crippen LogP contribution < -0.4 is 10.1 Å². The number of ether oxygens (including phenoxy) is 1. The minimum Gasteiger partial charge on any atom is -0.488 e. The number of benzene rings is 3. The van der Waals surface area contributed by atoms with Crippen molar-refractivity contribution in [2.24, 2.45) is 0 Å². The van der Waals surface area contributed by atoms with E-state index < -0.39 is 5.91 Å². The van der Waals surface area contributed by atoms with Gasteiger partial charge in [0.2, 0.25) is 0 Å². The van der Waals surface area contributed by atoms with E-state index in [4.69, 9.17) is 4.74 Å². The summed E-state index contributed by atoms with van der Waals surface area (Å²) in [5.41, 5.74) is 4.20. The predicted octanol–water partition coefficient (Wildman–Crippen LogP) is 6.33. The molecule has 156 valence electrons. The van der Waals surface area contributed by atoms with Crippen molar-refractivity contribution in [3.05, 3.63) is 98.8 Å². The van der Waals surface area contributed by atoms with Gasteiger partial charge in [-0.1, -0.05) is 30.3 Å². The Morgan fingerprint density at radius 3 is 2.58 bits per heavy atom. The van der Waals surface area contributed by atoms with Crippen molar-refractivity contribution in [1.82, 2.24) is 0 Å². The first-order valence-electron chi connectivity index (χ1n) is 9.53. The highest BCUT2D eigenvalue weighted by molar-refractivity contribution is 9.10. The van der Waals surface area contributed by atoms with Gasteiger partial charge in [0.1, 0.15) is 29.8 Å². The second-order valence-corrected chi connectivity index (χ2v) is 7.83. The summed E-state index contributed by atoms with van der Waals surface area (Å²) in [7, 11) is 0. The summed E-state index contributed by atoms with van der Waals surface area (Å²) in [6, 6.07) is 18.9. The first-order chi connectivity index (χ1) is 14.9. The third-order valence-electron chi connectivity index (χ3n) is 4.79. The summed E-state index contributed by atoms with van der Waals surface area (Å²) >= 11 is 3.45. The molecule has 4 nitrogen and oxygen atoms in total. The molecule has 0 heterocycles. The number of nitriles is 1. The Morgan fingerprint density at radius 1 is 1.16 bits per heavy atom. The Hall–Kier alpha value is -3.43. The van der Waals surface area contributed by atoms with E-state index >= 15 is 0 Å². The van der Waals surface area contributed by atoms with E-state index in [9.17, 15) is 14.4 Å². The molecule has 0 aliphatic carbocycles. The van der Waals surface area contributed by atoms with E-state index in [0.717, 1.165) is 16.7 Å². The number of halogens is 2. The minimum absolute atomic E-state index is 0.00668. The van der Waals surface area contributed by atoms with E-state index in [0.29, 0.717) is 21.5 Å². The van der Waals surface area contributed by atoms with Crippen LogP contribution in [0.1, 0.15) is 22.3 Å². The minimum atomic E-state index is -0.469. The maximum Gasteiger partial charge on any atom is 0.266 e. The molecule has 3 rings (SSSR count). The standard InChI is InChI=1S/C25H20BrFN2O2/c1-16-4-3-5-23(17(16)2)29-25(30)20(14-28)12-19-8-11-24(22(26)13-19)31-15-18-6-9-21(27)10-7-18/h3-13H,15H2,1-2H3,(H,29,30)/b20-12+. The number of rotatable bonds is 6. The van der Waals surface area contributed by atoms with Gasteiger partial charge in [-0.2, -0.15) is 5.26 Å². The van der Waals surface area contributed by atoms with Gasteiger partial charge in [0.25, 0.3) is 5.91 Å². The lowest BCUT2D eigenvalue weighted by molar-refractivity contribution is -0.112. The molecule has 0 unspecified atom stereocenters. The maximum atomic E-state index is 13.0. The SMILES string of the molecule is Cc1cccc(NC(=O)/C(C#N)=C/c2ccc(OCc3ccc(F)cc3)c(Br)c2)c1C. The summed E-state index contributed by atoms with van der Waals surface area (Å²) < 4.78 is 19.4. The highest BCUT2D eigenvalue weighted by atomic mass is 79.9. The number of nitrogens with zero attached hydrogens (tertiary/aromatic N) is 1. The Morgan fingerprint density at radius 2 is 1.90 bits per heavy atom. The molecule has 0 saturated carbocycles. The Balaban J connectivity index is 1.72. The van der Waals surface area contributed by atoms with E-state index in [-0.39, 0.29) is 18.0 Å². The lowest BCUT2D eigenvalue weighted by atomic mass is 10.1. The lowest BCUT2D eigenvalue weighted by Crippen LogP contribution is -2.14. The summed E-state index contributed by atoms with van der Waals surface area (Å²) in [5, 5.41) is 12.3. The fourth-order valence-electron chi connectivity index (χ4n) is 2.86. The molecule has 6 heteroatoms. The molecule has 3 aromatic rings. The Labute approximate surface area is 189 Å². The first kappa shape index (κ1) is 22.3. The van der Waals surface area contributed by atoms with Gasteiger partial charge in [0.05, 0.1) is 4.47 Å². The van der Waals surface area contributed by atoms with Crippen LogP contribution in [0.4, 0.5) is 10.1 Å². The average Bonchev–Trinajstić information content (AvgIpc) is 2.75.